The fraction of sp³-hybridized carbons (Fsp3) is 0.353. The van der Waals surface area contributed by atoms with E-state index in [-0.39, 0.29) is 17.4 Å². The summed E-state index contributed by atoms with van der Waals surface area (Å²) in [7, 11) is 0. The van der Waals surface area contributed by atoms with Gasteiger partial charge in [-0.3, -0.25) is 9.59 Å². The molecule has 2 rings (SSSR count). The van der Waals surface area contributed by atoms with Crippen LogP contribution in [0.2, 0.25) is 5.02 Å². The molecule has 1 aromatic rings. The molecule has 1 aromatic carbocycles. The maximum Gasteiger partial charge on any atom is 0.263 e. The van der Waals surface area contributed by atoms with Gasteiger partial charge in [-0.1, -0.05) is 23.7 Å². The molecule has 0 unspecified atom stereocenters. The maximum atomic E-state index is 12.1. The molecule has 1 saturated heterocycles. The molecule has 0 bridgehead atoms. The van der Waals surface area contributed by atoms with E-state index in [0.29, 0.717) is 37.5 Å². The van der Waals surface area contributed by atoms with Crippen LogP contribution in [-0.2, 0) is 16.1 Å². The lowest BCUT2D eigenvalue weighted by Crippen LogP contribution is -2.36. The number of amides is 2. The van der Waals surface area contributed by atoms with Crippen molar-refractivity contribution in [3.63, 3.8) is 0 Å². The van der Waals surface area contributed by atoms with E-state index in [1.165, 1.54) is 0 Å². The average molecular weight is 347 g/mol. The molecule has 0 atom stereocenters. The first kappa shape index (κ1) is 17.8. The summed E-state index contributed by atoms with van der Waals surface area (Å²) in [5.74, 6) is -0.844. The zero-order valence-corrected chi connectivity index (χ0v) is 13.9. The van der Waals surface area contributed by atoms with Crippen LogP contribution >= 0.6 is 11.6 Å². The fourth-order valence-electron chi connectivity index (χ4n) is 2.51. The van der Waals surface area contributed by atoms with Crippen LogP contribution in [0.3, 0.4) is 0 Å². The standard InChI is InChI=1S/C17H19ClN4O2/c18-15-3-1-12(2-4-15)10-21-17(24)14(9-19)11-22-7-5-13(6-8-22)16(20)23/h1-4,11,13H,5-8,10H2,(H2,20,23)(H,21,24)/b14-11-. The number of nitriles is 1. The number of piperidine rings is 1. The van der Waals surface area contributed by atoms with Gasteiger partial charge in [0, 0.05) is 36.8 Å². The summed E-state index contributed by atoms with van der Waals surface area (Å²) < 4.78 is 0. The van der Waals surface area contributed by atoms with E-state index in [1.54, 1.807) is 18.3 Å². The topological polar surface area (TPSA) is 99.2 Å². The Kier molecular flexibility index (Phi) is 6.21. The van der Waals surface area contributed by atoms with E-state index in [9.17, 15) is 14.9 Å². The van der Waals surface area contributed by atoms with Crippen LogP contribution < -0.4 is 11.1 Å². The van der Waals surface area contributed by atoms with Crippen molar-refractivity contribution >= 4 is 23.4 Å². The van der Waals surface area contributed by atoms with Crippen LogP contribution in [0, 0.1) is 17.2 Å². The highest BCUT2D eigenvalue weighted by atomic mass is 35.5. The number of carbonyl (C=O) groups excluding carboxylic acids is 2. The predicted octanol–water partition coefficient (Wildman–Crippen LogP) is 1.56. The van der Waals surface area contributed by atoms with Crippen molar-refractivity contribution in [2.75, 3.05) is 13.1 Å². The number of nitrogens with one attached hydrogen (secondary N) is 1. The summed E-state index contributed by atoms with van der Waals surface area (Å²) in [6.45, 7) is 1.52. The Morgan fingerprint density at radius 1 is 1.33 bits per heavy atom. The SMILES string of the molecule is N#C/C(=C/N1CCC(C(N)=O)CC1)C(=O)NCc1ccc(Cl)cc1. The number of hydrogen-bond acceptors (Lipinski definition) is 4. The molecular weight excluding hydrogens is 328 g/mol. The van der Waals surface area contributed by atoms with Crippen LogP contribution in [-0.4, -0.2) is 29.8 Å². The van der Waals surface area contributed by atoms with Gasteiger partial charge in [0.1, 0.15) is 11.6 Å². The molecule has 0 spiro atoms. The van der Waals surface area contributed by atoms with Gasteiger partial charge >= 0.3 is 0 Å². The predicted molar refractivity (Wildman–Crippen MR) is 90.5 cm³/mol. The van der Waals surface area contributed by atoms with Crippen molar-refractivity contribution in [1.82, 2.24) is 10.2 Å². The van der Waals surface area contributed by atoms with Gasteiger partial charge < -0.3 is 16.0 Å². The van der Waals surface area contributed by atoms with Gasteiger partial charge in [0.05, 0.1) is 0 Å². The Bertz CT molecular complexity index is 671. The minimum absolute atomic E-state index is 0.0430. The minimum Gasteiger partial charge on any atom is -0.376 e. The largest absolute Gasteiger partial charge is 0.376 e. The summed E-state index contributed by atoms with van der Waals surface area (Å²) >= 11 is 5.81. The van der Waals surface area contributed by atoms with Crippen LogP contribution in [0.4, 0.5) is 0 Å². The van der Waals surface area contributed by atoms with E-state index >= 15 is 0 Å². The molecule has 1 fully saturated rings. The number of primary amides is 1. The summed E-state index contributed by atoms with van der Waals surface area (Å²) in [6, 6.07) is 9.03. The molecule has 24 heavy (non-hydrogen) atoms. The number of benzene rings is 1. The van der Waals surface area contributed by atoms with E-state index in [2.05, 4.69) is 5.32 Å². The minimum atomic E-state index is -0.426. The fourth-order valence-corrected chi connectivity index (χ4v) is 2.64. The van der Waals surface area contributed by atoms with Crippen LogP contribution in [0.15, 0.2) is 36.0 Å². The summed E-state index contributed by atoms with van der Waals surface area (Å²) in [5, 5.41) is 12.5. The highest BCUT2D eigenvalue weighted by Crippen LogP contribution is 2.17. The van der Waals surface area contributed by atoms with Gasteiger partial charge in [-0.05, 0) is 30.5 Å². The second-order valence-corrected chi connectivity index (χ2v) is 6.11. The molecular formula is C17H19ClN4O2. The summed E-state index contributed by atoms with van der Waals surface area (Å²) in [6.07, 6.45) is 2.82. The number of carbonyl (C=O) groups is 2. The molecule has 1 aliphatic rings. The lowest BCUT2D eigenvalue weighted by Gasteiger charge is -2.29. The van der Waals surface area contributed by atoms with Crippen LogP contribution in [0.25, 0.3) is 0 Å². The van der Waals surface area contributed by atoms with Gasteiger partial charge in [0.25, 0.3) is 5.91 Å². The summed E-state index contributed by atoms with van der Waals surface area (Å²) in [4.78, 5) is 25.2. The van der Waals surface area contributed by atoms with Crippen molar-refractivity contribution in [1.29, 1.82) is 5.26 Å². The molecule has 1 aliphatic heterocycles. The van der Waals surface area contributed by atoms with Gasteiger partial charge in [-0.15, -0.1) is 0 Å². The highest BCUT2D eigenvalue weighted by molar-refractivity contribution is 6.30. The molecule has 3 N–H and O–H groups in total. The number of halogens is 1. The molecule has 0 radical (unpaired) electrons. The van der Waals surface area contributed by atoms with Gasteiger partial charge in [0.15, 0.2) is 0 Å². The summed E-state index contributed by atoms with van der Waals surface area (Å²) in [5.41, 5.74) is 6.23. The van der Waals surface area contributed by atoms with Gasteiger partial charge in [0.2, 0.25) is 5.91 Å². The third-order valence-corrected chi connectivity index (χ3v) is 4.23. The Hall–Kier alpha value is -2.52. The zero-order chi connectivity index (χ0) is 17.5. The number of nitrogens with zero attached hydrogens (tertiary/aromatic N) is 2. The number of likely N-dealkylation sites (tertiary alicyclic amines) is 1. The van der Waals surface area contributed by atoms with E-state index in [1.807, 2.05) is 23.1 Å². The number of nitrogens with two attached hydrogens (primary N) is 1. The van der Waals surface area contributed by atoms with E-state index < -0.39 is 5.91 Å². The Morgan fingerprint density at radius 3 is 2.50 bits per heavy atom. The molecule has 1 heterocycles. The lowest BCUT2D eigenvalue weighted by atomic mass is 9.96. The van der Waals surface area contributed by atoms with Gasteiger partial charge in [-0.2, -0.15) is 5.26 Å². The lowest BCUT2D eigenvalue weighted by molar-refractivity contribution is -0.123. The van der Waals surface area contributed by atoms with Gasteiger partial charge in [-0.25, -0.2) is 0 Å². The molecule has 0 saturated carbocycles. The third kappa shape index (κ3) is 5.00. The Balaban J connectivity index is 1.90. The smallest absolute Gasteiger partial charge is 0.263 e. The van der Waals surface area contributed by atoms with E-state index in [0.717, 1.165) is 5.56 Å². The first-order valence-corrected chi connectivity index (χ1v) is 8.05. The molecule has 7 heteroatoms. The quantitative estimate of drug-likeness (QED) is 0.624. The molecule has 2 amide bonds. The average Bonchev–Trinajstić information content (AvgIpc) is 2.59. The number of rotatable bonds is 5. The van der Waals surface area contributed by atoms with Crippen molar-refractivity contribution in [3.05, 3.63) is 46.6 Å². The van der Waals surface area contributed by atoms with Crippen molar-refractivity contribution in [3.8, 4) is 6.07 Å². The zero-order valence-electron chi connectivity index (χ0n) is 13.2. The molecule has 126 valence electrons. The maximum absolute atomic E-state index is 12.1. The molecule has 6 nitrogen and oxygen atoms in total. The third-order valence-electron chi connectivity index (χ3n) is 3.97. The monoisotopic (exact) mass is 346 g/mol. The first-order valence-electron chi connectivity index (χ1n) is 7.67. The molecule has 0 aliphatic carbocycles. The van der Waals surface area contributed by atoms with Crippen molar-refractivity contribution in [2.45, 2.75) is 19.4 Å². The Labute approximate surface area is 145 Å². The van der Waals surface area contributed by atoms with Crippen molar-refractivity contribution < 1.29 is 9.59 Å². The normalized spacial score (nSPS) is 15.7. The second kappa shape index (κ2) is 8.37. The van der Waals surface area contributed by atoms with E-state index in [4.69, 9.17) is 17.3 Å². The molecule has 0 aromatic heterocycles. The van der Waals surface area contributed by atoms with Crippen LogP contribution in [0.5, 0.6) is 0 Å². The highest BCUT2D eigenvalue weighted by Gasteiger charge is 2.22. The first-order chi connectivity index (χ1) is 11.5. The second-order valence-electron chi connectivity index (χ2n) is 5.68. The number of hydrogen-bond donors (Lipinski definition) is 2. The Morgan fingerprint density at radius 2 is 1.96 bits per heavy atom. The van der Waals surface area contributed by atoms with Crippen LogP contribution in [0.1, 0.15) is 18.4 Å². The van der Waals surface area contributed by atoms with Crippen molar-refractivity contribution in [2.24, 2.45) is 11.7 Å².